The predicted octanol–water partition coefficient (Wildman–Crippen LogP) is 14.6. The van der Waals surface area contributed by atoms with Crippen LogP contribution in [0.1, 0.15) is 0 Å². The fourth-order valence-electron chi connectivity index (χ4n) is 10.2. The lowest BCUT2D eigenvalue weighted by Crippen LogP contribution is -2.06. The number of rotatable bonds is 4. The highest BCUT2D eigenvalue weighted by Gasteiger charge is 2.26. The smallest absolute Gasteiger partial charge is 0.238 e. The van der Waals surface area contributed by atoms with Gasteiger partial charge in [0.2, 0.25) is 5.95 Å². The summed E-state index contributed by atoms with van der Waals surface area (Å²) in [5, 5.41) is 6.60. The minimum atomic E-state index is 0.544. The van der Waals surface area contributed by atoms with Gasteiger partial charge >= 0.3 is 0 Å². The quantitative estimate of drug-likeness (QED) is 0.178. The molecular weight excluding hydrogens is 771 g/mol. The molecule has 6 heteroatoms. The van der Waals surface area contributed by atoms with E-state index in [1.807, 2.05) is 36.4 Å². The normalized spacial score (nSPS) is 12.1. The van der Waals surface area contributed by atoms with Gasteiger partial charge in [0.05, 0.1) is 27.8 Å². The van der Waals surface area contributed by atoms with E-state index in [2.05, 4.69) is 173 Å². The second-order valence-corrected chi connectivity index (χ2v) is 16.3. The fraction of sp³-hybridized carbons (Fsp3) is 0. The molecule has 63 heavy (non-hydrogen) atoms. The second kappa shape index (κ2) is 12.9. The molecule has 0 bridgehead atoms. The number of fused-ring (bicyclic) bond motifs is 14. The first-order valence-electron chi connectivity index (χ1n) is 21.3. The van der Waals surface area contributed by atoms with Crippen LogP contribution in [0.4, 0.5) is 0 Å². The zero-order chi connectivity index (χ0) is 41.2. The van der Waals surface area contributed by atoms with Crippen molar-refractivity contribution >= 4 is 65.6 Å². The average molecular weight is 804 g/mol. The predicted molar refractivity (Wildman–Crippen MR) is 257 cm³/mol. The summed E-state index contributed by atoms with van der Waals surface area (Å²) in [6.07, 6.45) is 0. The molecule has 0 radical (unpaired) electrons. The molecule has 13 aromatic rings. The molecule has 9 aromatic carbocycles. The van der Waals surface area contributed by atoms with Crippen LogP contribution in [-0.2, 0) is 0 Å². The SMILES string of the molecule is c1ccc(-c2ccc(-c3nc(-c4cccc5oc6ccccc6c45)nc(-n4c5ccccc5c5cc6c(cc54)c4cccc5c4n6-c4ccccc4-c4ccccc4-5)n3)cc2)cc1. The van der Waals surface area contributed by atoms with Crippen LogP contribution in [0.15, 0.2) is 205 Å². The zero-order valence-electron chi connectivity index (χ0n) is 33.7. The summed E-state index contributed by atoms with van der Waals surface area (Å²) in [7, 11) is 0. The highest BCUT2D eigenvalue weighted by molar-refractivity contribution is 6.22. The molecule has 6 nitrogen and oxygen atoms in total. The van der Waals surface area contributed by atoms with Crippen LogP contribution in [0.2, 0.25) is 0 Å². The second-order valence-electron chi connectivity index (χ2n) is 16.3. The van der Waals surface area contributed by atoms with E-state index in [1.165, 1.54) is 44.2 Å². The Labute approximate surface area is 360 Å². The van der Waals surface area contributed by atoms with Gasteiger partial charge in [0, 0.05) is 54.6 Å². The summed E-state index contributed by atoms with van der Waals surface area (Å²) in [5.74, 6) is 1.71. The molecule has 0 unspecified atom stereocenters. The number of hydrogen-bond donors (Lipinski definition) is 0. The van der Waals surface area contributed by atoms with Gasteiger partial charge in [-0.1, -0.05) is 164 Å². The van der Waals surface area contributed by atoms with Crippen LogP contribution in [0, 0.1) is 0 Å². The molecule has 5 heterocycles. The maximum Gasteiger partial charge on any atom is 0.238 e. The topological polar surface area (TPSA) is 61.7 Å². The van der Waals surface area contributed by atoms with E-state index < -0.39 is 0 Å². The van der Waals surface area contributed by atoms with Crippen LogP contribution in [0.5, 0.6) is 0 Å². The summed E-state index contributed by atoms with van der Waals surface area (Å²) >= 11 is 0. The summed E-state index contributed by atoms with van der Waals surface area (Å²) in [4.78, 5) is 16.1. The van der Waals surface area contributed by atoms with E-state index in [0.29, 0.717) is 17.6 Å². The molecule has 0 saturated carbocycles. The number of nitrogens with zero attached hydrogens (tertiary/aromatic N) is 5. The molecule has 0 fully saturated rings. The lowest BCUT2D eigenvalue weighted by molar-refractivity contribution is 0.669. The lowest BCUT2D eigenvalue weighted by Gasteiger charge is -2.13. The highest BCUT2D eigenvalue weighted by Crippen LogP contribution is 2.48. The molecule has 0 aliphatic carbocycles. The molecule has 0 amide bonds. The van der Waals surface area contributed by atoms with Gasteiger partial charge in [0.25, 0.3) is 0 Å². The Morgan fingerprint density at radius 1 is 0.333 bits per heavy atom. The van der Waals surface area contributed by atoms with Crippen LogP contribution in [-0.4, -0.2) is 24.1 Å². The van der Waals surface area contributed by atoms with E-state index in [0.717, 1.165) is 71.5 Å². The Morgan fingerprint density at radius 3 is 1.76 bits per heavy atom. The van der Waals surface area contributed by atoms with Crippen molar-refractivity contribution in [2.75, 3.05) is 0 Å². The van der Waals surface area contributed by atoms with E-state index in [-0.39, 0.29) is 0 Å². The molecule has 1 aliphatic rings. The Hall–Kier alpha value is -8.61. The number of benzene rings is 9. The van der Waals surface area contributed by atoms with Crippen molar-refractivity contribution in [2.45, 2.75) is 0 Å². The van der Waals surface area contributed by atoms with Crippen LogP contribution < -0.4 is 0 Å². The Morgan fingerprint density at radius 2 is 0.905 bits per heavy atom. The first kappa shape index (κ1) is 34.1. The lowest BCUT2D eigenvalue weighted by atomic mass is 9.94. The van der Waals surface area contributed by atoms with Gasteiger partial charge in [-0.2, -0.15) is 9.97 Å². The third kappa shape index (κ3) is 4.91. The molecule has 0 atom stereocenters. The Balaban J connectivity index is 1.07. The van der Waals surface area contributed by atoms with Crippen molar-refractivity contribution in [3.05, 3.63) is 200 Å². The monoisotopic (exact) mass is 803 g/mol. The van der Waals surface area contributed by atoms with Crippen molar-refractivity contribution in [3.8, 4) is 67.8 Å². The van der Waals surface area contributed by atoms with E-state index >= 15 is 0 Å². The van der Waals surface area contributed by atoms with Crippen LogP contribution in [0.25, 0.3) is 133 Å². The largest absolute Gasteiger partial charge is 0.456 e. The van der Waals surface area contributed by atoms with Gasteiger partial charge in [-0.3, -0.25) is 4.57 Å². The van der Waals surface area contributed by atoms with Gasteiger partial charge in [0.1, 0.15) is 11.2 Å². The van der Waals surface area contributed by atoms with Gasteiger partial charge in [0.15, 0.2) is 11.6 Å². The van der Waals surface area contributed by atoms with Crippen molar-refractivity contribution in [1.82, 2.24) is 24.1 Å². The van der Waals surface area contributed by atoms with Crippen molar-refractivity contribution < 1.29 is 4.42 Å². The number of para-hydroxylation sites is 4. The van der Waals surface area contributed by atoms with Gasteiger partial charge in [-0.25, -0.2) is 4.98 Å². The number of aromatic nitrogens is 5. The first-order valence-corrected chi connectivity index (χ1v) is 21.3. The standard InChI is InChI=1S/C57H33N5O/c1-2-14-34(15-3-1)35-28-30-36(31-29-35)55-58-56(44-23-13-27-52-53(44)43-20-8-11-26-51(43)63-52)60-57(59-55)62-48-25-10-7-19-40(48)45-32-49-46(33-50(45)62)42-22-12-21-41-38-17-5-4-16-37(38)39-18-6-9-24-47(39)61(49)54(41)42/h1-33H. The summed E-state index contributed by atoms with van der Waals surface area (Å²) in [6, 6.07) is 70.9. The number of hydrogen-bond acceptors (Lipinski definition) is 4. The molecule has 0 saturated heterocycles. The Bertz CT molecular complexity index is 4020. The van der Waals surface area contributed by atoms with Gasteiger partial charge in [-0.05, 0) is 58.7 Å². The molecule has 14 rings (SSSR count). The first-order chi connectivity index (χ1) is 31.2. The van der Waals surface area contributed by atoms with E-state index in [4.69, 9.17) is 19.4 Å². The third-order valence-electron chi connectivity index (χ3n) is 13.0. The summed E-state index contributed by atoms with van der Waals surface area (Å²) in [5.41, 5.74) is 16.2. The minimum Gasteiger partial charge on any atom is -0.456 e. The summed E-state index contributed by atoms with van der Waals surface area (Å²) < 4.78 is 11.1. The van der Waals surface area contributed by atoms with Crippen molar-refractivity contribution in [2.24, 2.45) is 0 Å². The minimum absolute atomic E-state index is 0.544. The Kier molecular flexibility index (Phi) is 7.02. The molecule has 0 spiro atoms. The zero-order valence-corrected chi connectivity index (χ0v) is 33.7. The maximum atomic E-state index is 6.37. The van der Waals surface area contributed by atoms with Crippen molar-refractivity contribution in [3.63, 3.8) is 0 Å². The molecule has 1 aliphatic heterocycles. The third-order valence-corrected chi connectivity index (χ3v) is 13.0. The van der Waals surface area contributed by atoms with E-state index in [1.54, 1.807) is 0 Å². The van der Waals surface area contributed by atoms with Crippen LogP contribution in [0.3, 0.4) is 0 Å². The van der Waals surface area contributed by atoms with Crippen molar-refractivity contribution in [1.29, 1.82) is 0 Å². The highest BCUT2D eigenvalue weighted by atomic mass is 16.3. The van der Waals surface area contributed by atoms with Gasteiger partial charge in [-0.15, -0.1) is 0 Å². The molecule has 292 valence electrons. The average Bonchev–Trinajstić information content (AvgIpc) is 3.98. The maximum absolute atomic E-state index is 6.37. The van der Waals surface area contributed by atoms with Crippen LogP contribution >= 0.6 is 0 Å². The fourth-order valence-corrected chi connectivity index (χ4v) is 10.2. The molecule has 0 N–H and O–H groups in total. The van der Waals surface area contributed by atoms with E-state index in [9.17, 15) is 0 Å². The number of furan rings is 1. The molecular formula is C57H33N5O. The molecule has 4 aromatic heterocycles. The summed E-state index contributed by atoms with van der Waals surface area (Å²) in [6.45, 7) is 0. The van der Waals surface area contributed by atoms with Gasteiger partial charge < -0.3 is 8.98 Å².